The van der Waals surface area contributed by atoms with Gasteiger partial charge in [0.15, 0.2) is 0 Å². The maximum atomic E-state index is 12.0. The van der Waals surface area contributed by atoms with Gasteiger partial charge in [-0.1, -0.05) is 6.07 Å². The van der Waals surface area contributed by atoms with Crippen LogP contribution in [0.4, 0.5) is 0 Å². The number of pyridine rings is 1. The van der Waals surface area contributed by atoms with Crippen LogP contribution in [0.15, 0.2) is 34.7 Å². The Morgan fingerprint density at radius 2 is 2.11 bits per heavy atom. The molecule has 0 aliphatic carbocycles. The second kappa shape index (κ2) is 5.79. The summed E-state index contributed by atoms with van der Waals surface area (Å²) < 4.78 is 26.7. The summed E-state index contributed by atoms with van der Waals surface area (Å²) in [7, 11) is -3.53. The van der Waals surface area contributed by atoms with Gasteiger partial charge < -0.3 is 5.11 Å². The van der Waals surface area contributed by atoms with E-state index in [-0.39, 0.29) is 17.4 Å². The molecule has 2 rings (SSSR count). The molecular weight excluding hydrogens is 284 g/mol. The Labute approximate surface area is 116 Å². The van der Waals surface area contributed by atoms with Crippen LogP contribution in [0, 0.1) is 6.92 Å². The van der Waals surface area contributed by atoms with Crippen LogP contribution >= 0.6 is 11.3 Å². The smallest absolute Gasteiger partial charge is 0.250 e. The largest absolute Gasteiger partial charge is 0.391 e. The highest BCUT2D eigenvalue weighted by molar-refractivity contribution is 7.91. The molecule has 0 aliphatic rings. The summed E-state index contributed by atoms with van der Waals surface area (Å²) in [5, 5.41) is 8.94. The Kier molecular flexibility index (Phi) is 4.31. The lowest BCUT2D eigenvalue weighted by Crippen LogP contribution is -2.22. The van der Waals surface area contributed by atoms with Crippen LogP contribution < -0.4 is 4.72 Å². The van der Waals surface area contributed by atoms with E-state index in [9.17, 15) is 8.42 Å². The Bertz CT molecular complexity index is 648. The van der Waals surface area contributed by atoms with Gasteiger partial charge in [-0.3, -0.25) is 4.98 Å². The maximum absolute atomic E-state index is 12.0. The molecule has 0 aromatic carbocycles. The fraction of sp³-hybridized carbons (Fsp3) is 0.250. The van der Waals surface area contributed by atoms with Crippen LogP contribution in [-0.4, -0.2) is 18.5 Å². The standard InChI is InChI=1S/C12H14N2O3S2/c1-9-2-3-10(6-13-9)7-14-19(16,17)12-5-4-11(8-15)18-12/h2-6,14-15H,7-8H2,1H3. The predicted octanol–water partition coefficient (Wildman–Crippen LogP) is 1.42. The van der Waals surface area contributed by atoms with Gasteiger partial charge in [0.25, 0.3) is 0 Å². The fourth-order valence-corrected chi connectivity index (χ4v) is 3.72. The molecule has 0 radical (unpaired) electrons. The Morgan fingerprint density at radius 3 is 2.68 bits per heavy atom. The number of aliphatic hydroxyl groups excluding tert-OH is 1. The second-order valence-electron chi connectivity index (χ2n) is 4.01. The van der Waals surface area contributed by atoms with Crippen LogP contribution in [0.5, 0.6) is 0 Å². The number of rotatable bonds is 5. The van der Waals surface area contributed by atoms with Crippen molar-refractivity contribution < 1.29 is 13.5 Å². The highest BCUT2D eigenvalue weighted by Crippen LogP contribution is 2.21. The summed E-state index contributed by atoms with van der Waals surface area (Å²) in [6, 6.07) is 6.76. The minimum Gasteiger partial charge on any atom is -0.391 e. The predicted molar refractivity (Wildman–Crippen MR) is 73.2 cm³/mol. The number of sulfonamides is 1. The van der Waals surface area contributed by atoms with Gasteiger partial charge in [0, 0.05) is 23.3 Å². The van der Waals surface area contributed by atoms with Crippen molar-refractivity contribution in [3.05, 3.63) is 46.6 Å². The van der Waals surface area contributed by atoms with Crippen LogP contribution in [0.2, 0.25) is 0 Å². The molecule has 2 aromatic rings. The van der Waals surface area contributed by atoms with Gasteiger partial charge in [-0.25, -0.2) is 13.1 Å². The van der Waals surface area contributed by atoms with Crippen LogP contribution in [0.3, 0.4) is 0 Å². The monoisotopic (exact) mass is 298 g/mol. The summed E-state index contributed by atoms with van der Waals surface area (Å²) in [6.45, 7) is 1.92. The normalized spacial score (nSPS) is 11.7. The third-order valence-corrected chi connectivity index (χ3v) is 5.46. The van der Waals surface area contributed by atoms with E-state index in [4.69, 9.17) is 5.11 Å². The van der Waals surface area contributed by atoms with Crippen LogP contribution in [0.1, 0.15) is 16.1 Å². The molecule has 2 N–H and O–H groups in total. The lowest BCUT2D eigenvalue weighted by atomic mass is 10.2. The van der Waals surface area contributed by atoms with Crippen molar-refractivity contribution in [2.45, 2.75) is 24.3 Å². The number of thiophene rings is 1. The number of aliphatic hydroxyl groups is 1. The number of nitrogens with one attached hydrogen (secondary N) is 1. The van der Waals surface area contributed by atoms with Crippen molar-refractivity contribution >= 4 is 21.4 Å². The average Bonchev–Trinajstić information content (AvgIpc) is 2.88. The molecule has 0 aliphatic heterocycles. The van der Waals surface area contributed by atoms with Crippen molar-refractivity contribution in [3.63, 3.8) is 0 Å². The highest BCUT2D eigenvalue weighted by atomic mass is 32.2. The Hall–Kier alpha value is -1.28. The molecule has 0 atom stereocenters. The van der Waals surface area contributed by atoms with Crippen molar-refractivity contribution in [1.82, 2.24) is 9.71 Å². The first kappa shape index (κ1) is 14.1. The third kappa shape index (κ3) is 3.60. The second-order valence-corrected chi connectivity index (χ2v) is 7.17. The van der Waals surface area contributed by atoms with Crippen LogP contribution in [0.25, 0.3) is 0 Å². The molecular formula is C12H14N2O3S2. The number of aryl methyl sites for hydroxylation is 1. The van der Waals surface area contributed by atoms with E-state index in [1.807, 2.05) is 19.1 Å². The molecule has 2 heterocycles. The molecule has 2 aromatic heterocycles. The molecule has 0 amide bonds. The quantitative estimate of drug-likeness (QED) is 0.875. The molecule has 0 saturated carbocycles. The molecule has 7 heteroatoms. The van der Waals surface area contributed by atoms with Crippen molar-refractivity contribution in [2.24, 2.45) is 0 Å². The number of nitrogens with zero attached hydrogens (tertiary/aromatic N) is 1. The van der Waals surface area contributed by atoms with Crippen molar-refractivity contribution in [1.29, 1.82) is 0 Å². The zero-order chi connectivity index (χ0) is 13.9. The summed E-state index contributed by atoms with van der Waals surface area (Å²) in [5.41, 5.74) is 1.69. The summed E-state index contributed by atoms with van der Waals surface area (Å²) in [5.74, 6) is 0. The number of hydrogen-bond acceptors (Lipinski definition) is 5. The van der Waals surface area contributed by atoms with Gasteiger partial charge in [-0.15, -0.1) is 11.3 Å². The minimum atomic E-state index is -3.53. The van der Waals surface area contributed by atoms with E-state index in [0.717, 1.165) is 22.6 Å². The van der Waals surface area contributed by atoms with Gasteiger partial charge >= 0.3 is 0 Å². The summed E-state index contributed by atoms with van der Waals surface area (Å²) >= 11 is 1.06. The molecule has 19 heavy (non-hydrogen) atoms. The minimum absolute atomic E-state index is 0.151. The SMILES string of the molecule is Cc1ccc(CNS(=O)(=O)c2ccc(CO)s2)cn1. The van der Waals surface area contributed by atoms with Gasteiger partial charge in [0.1, 0.15) is 4.21 Å². The molecule has 0 spiro atoms. The van der Waals surface area contributed by atoms with Gasteiger partial charge in [0.2, 0.25) is 10.0 Å². The van der Waals surface area contributed by atoms with Gasteiger partial charge in [0.05, 0.1) is 6.61 Å². The number of aromatic nitrogens is 1. The first-order valence-corrected chi connectivity index (χ1v) is 7.92. The molecule has 0 fully saturated rings. The summed E-state index contributed by atoms with van der Waals surface area (Å²) in [4.78, 5) is 4.73. The van der Waals surface area contributed by atoms with Crippen molar-refractivity contribution in [2.75, 3.05) is 0 Å². The first-order valence-electron chi connectivity index (χ1n) is 5.62. The fourth-order valence-electron chi connectivity index (χ4n) is 1.44. The zero-order valence-corrected chi connectivity index (χ0v) is 12.0. The lowest BCUT2D eigenvalue weighted by molar-refractivity contribution is 0.285. The topological polar surface area (TPSA) is 79.3 Å². The third-order valence-electron chi connectivity index (χ3n) is 2.50. The zero-order valence-electron chi connectivity index (χ0n) is 10.3. The van der Waals surface area contributed by atoms with E-state index in [0.29, 0.717) is 4.88 Å². The highest BCUT2D eigenvalue weighted by Gasteiger charge is 2.16. The van der Waals surface area contributed by atoms with E-state index in [2.05, 4.69) is 9.71 Å². The van der Waals surface area contributed by atoms with Gasteiger partial charge in [-0.2, -0.15) is 0 Å². The molecule has 0 saturated heterocycles. The Morgan fingerprint density at radius 1 is 1.32 bits per heavy atom. The average molecular weight is 298 g/mol. The van der Waals surface area contributed by atoms with E-state index in [1.54, 1.807) is 12.3 Å². The lowest BCUT2D eigenvalue weighted by Gasteiger charge is -2.04. The molecule has 5 nitrogen and oxygen atoms in total. The first-order chi connectivity index (χ1) is 9.01. The van der Waals surface area contributed by atoms with E-state index in [1.165, 1.54) is 6.07 Å². The van der Waals surface area contributed by atoms with Gasteiger partial charge in [-0.05, 0) is 30.7 Å². The summed E-state index contributed by atoms with van der Waals surface area (Å²) in [6.07, 6.45) is 1.64. The van der Waals surface area contributed by atoms with E-state index < -0.39 is 10.0 Å². The number of hydrogen-bond donors (Lipinski definition) is 2. The molecule has 0 unspecified atom stereocenters. The van der Waals surface area contributed by atoms with Crippen LogP contribution in [-0.2, 0) is 23.2 Å². The molecule has 0 bridgehead atoms. The molecule has 102 valence electrons. The van der Waals surface area contributed by atoms with E-state index >= 15 is 0 Å². The van der Waals surface area contributed by atoms with Crippen molar-refractivity contribution in [3.8, 4) is 0 Å². The maximum Gasteiger partial charge on any atom is 0.250 e. The Balaban J connectivity index is 2.07.